The predicted octanol–water partition coefficient (Wildman–Crippen LogP) is 3.25. The van der Waals surface area contributed by atoms with E-state index < -0.39 is 0 Å². The average molecular weight is 269 g/mol. The van der Waals surface area contributed by atoms with Crippen molar-refractivity contribution in [2.24, 2.45) is 7.05 Å². The van der Waals surface area contributed by atoms with E-state index >= 15 is 0 Å². The van der Waals surface area contributed by atoms with Gasteiger partial charge in [-0.2, -0.15) is 5.10 Å². The lowest BCUT2D eigenvalue weighted by Crippen LogP contribution is -2.09. The van der Waals surface area contributed by atoms with Gasteiger partial charge in [-0.15, -0.1) is 0 Å². The topological polar surface area (TPSA) is 39.1 Å². The Bertz CT molecular complexity index is 642. The Hall–Kier alpha value is -1.81. The third kappa shape index (κ3) is 1.68. The average Bonchev–Trinajstić information content (AvgIpc) is 3.14. The molecule has 2 aliphatic heterocycles. The number of benzene rings is 1. The van der Waals surface area contributed by atoms with E-state index in [0.717, 1.165) is 13.0 Å². The predicted molar refractivity (Wildman–Crippen MR) is 77.5 cm³/mol. The first-order valence-corrected chi connectivity index (χ1v) is 7.23. The molecule has 1 aromatic carbocycles. The summed E-state index contributed by atoms with van der Waals surface area (Å²) in [6, 6.07) is 6.50. The molecular weight excluding hydrogens is 250 g/mol. The lowest BCUT2D eigenvalue weighted by molar-refractivity contribution is 0.0718. The first kappa shape index (κ1) is 12.0. The number of rotatable bonds is 3. The molecule has 0 aliphatic carbocycles. The number of nitrogens with one attached hydrogen (secondary N) is 1. The van der Waals surface area contributed by atoms with Gasteiger partial charge in [0.25, 0.3) is 0 Å². The number of aromatic nitrogens is 2. The van der Waals surface area contributed by atoms with Gasteiger partial charge >= 0.3 is 0 Å². The highest BCUT2D eigenvalue weighted by Gasteiger charge is 2.39. The molecule has 0 saturated carbocycles. The standard InChI is InChI=1S/C16H19N3O/c1-10-8-18-19(2)13(10)9-17-12-5-3-4-11-14-6-7-15(20-14)16(11)12/h3-5,8,14-15,17H,6-7,9H2,1-2H3. The van der Waals surface area contributed by atoms with Crippen LogP contribution >= 0.6 is 0 Å². The molecule has 0 amide bonds. The van der Waals surface area contributed by atoms with Crippen molar-refractivity contribution in [2.45, 2.75) is 38.5 Å². The van der Waals surface area contributed by atoms with E-state index in [1.54, 1.807) is 0 Å². The number of hydrogen-bond donors (Lipinski definition) is 1. The van der Waals surface area contributed by atoms with E-state index in [1.807, 2.05) is 17.9 Å². The summed E-state index contributed by atoms with van der Waals surface area (Å²) in [4.78, 5) is 0. The fraction of sp³-hybridized carbons (Fsp3) is 0.438. The molecule has 3 heterocycles. The van der Waals surface area contributed by atoms with Crippen molar-refractivity contribution in [3.05, 3.63) is 46.8 Å². The van der Waals surface area contributed by atoms with Gasteiger partial charge in [-0.1, -0.05) is 12.1 Å². The smallest absolute Gasteiger partial charge is 0.0858 e. The van der Waals surface area contributed by atoms with Crippen molar-refractivity contribution in [3.8, 4) is 0 Å². The van der Waals surface area contributed by atoms with E-state index in [2.05, 4.69) is 35.5 Å². The third-order valence-corrected chi connectivity index (χ3v) is 4.54. The number of hydrogen-bond acceptors (Lipinski definition) is 3. The molecule has 2 atom stereocenters. The van der Waals surface area contributed by atoms with Crippen molar-refractivity contribution in [3.63, 3.8) is 0 Å². The Morgan fingerprint density at radius 1 is 1.35 bits per heavy atom. The number of fused-ring (bicyclic) bond motifs is 5. The van der Waals surface area contributed by atoms with Gasteiger partial charge in [-0.05, 0) is 37.0 Å². The van der Waals surface area contributed by atoms with Crippen LogP contribution in [0.2, 0.25) is 0 Å². The summed E-state index contributed by atoms with van der Waals surface area (Å²) < 4.78 is 7.95. The highest BCUT2D eigenvalue weighted by Crippen LogP contribution is 2.52. The minimum absolute atomic E-state index is 0.298. The second kappa shape index (κ2) is 4.35. The Labute approximate surface area is 118 Å². The van der Waals surface area contributed by atoms with Gasteiger partial charge in [0, 0.05) is 18.3 Å². The van der Waals surface area contributed by atoms with Crippen LogP contribution in [0.15, 0.2) is 24.4 Å². The Morgan fingerprint density at radius 2 is 2.20 bits per heavy atom. The molecule has 2 aromatic rings. The van der Waals surface area contributed by atoms with Crippen molar-refractivity contribution in [2.75, 3.05) is 5.32 Å². The van der Waals surface area contributed by atoms with E-state index in [0.29, 0.717) is 12.2 Å². The zero-order valence-electron chi connectivity index (χ0n) is 11.9. The SMILES string of the molecule is Cc1cnn(C)c1CNc1cccc2c1C1CCC2O1. The van der Waals surface area contributed by atoms with Crippen LogP contribution in [-0.4, -0.2) is 9.78 Å². The molecule has 0 radical (unpaired) electrons. The fourth-order valence-corrected chi connectivity index (χ4v) is 3.46. The molecule has 4 heteroatoms. The summed E-state index contributed by atoms with van der Waals surface area (Å²) in [7, 11) is 1.99. The zero-order valence-corrected chi connectivity index (χ0v) is 11.9. The molecule has 2 unspecified atom stereocenters. The maximum Gasteiger partial charge on any atom is 0.0858 e. The Balaban J connectivity index is 1.62. The summed E-state index contributed by atoms with van der Waals surface area (Å²) in [5.41, 5.74) is 6.43. The van der Waals surface area contributed by atoms with Crippen molar-refractivity contribution >= 4 is 5.69 Å². The quantitative estimate of drug-likeness (QED) is 0.929. The highest BCUT2D eigenvalue weighted by atomic mass is 16.5. The molecule has 104 valence electrons. The lowest BCUT2D eigenvalue weighted by Gasteiger charge is -2.17. The van der Waals surface area contributed by atoms with Crippen LogP contribution in [0.5, 0.6) is 0 Å². The molecule has 2 aliphatic rings. The third-order valence-electron chi connectivity index (χ3n) is 4.54. The lowest BCUT2D eigenvalue weighted by atomic mass is 9.90. The monoisotopic (exact) mass is 269 g/mol. The van der Waals surface area contributed by atoms with Crippen LogP contribution < -0.4 is 5.32 Å². The highest BCUT2D eigenvalue weighted by molar-refractivity contribution is 5.59. The van der Waals surface area contributed by atoms with Crippen LogP contribution in [0.1, 0.15) is 47.4 Å². The first-order valence-electron chi connectivity index (χ1n) is 7.23. The van der Waals surface area contributed by atoms with Crippen LogP contribution in [0.25, 0.3) is 0 Å². The summed E-state index contributed by atoms with van der Waals surface area (Å²) in [6.45, 7) is 2.90. The number of nitrogens with zero attached hydrogens (tertiary/aromatic N) is 2. The van der Waals surface area contributed by atoms with Gasteiger partial charge in [0.05, 0.1) is 30.6 Å². The van der Waals surface area contributed by atoms with E-state index in [9.17, 15) is 0 Å². The van der Waals surface area contributed by atoms with Gasteiger partial charge in [0.15, 0.2) is 0 Å². The Morgan fingerprint density at radius 3 is 3.00 bits per heavy atom. The summed E-state index contributed by atoms with van der Waals surface area (Å²) in [5, 5.41) is 7.86. The number of aryl methyl sites for hydroxylation is 2. The fourth-order valence-electron chi connectivity index (χ4n) is 3.46. The molecule has 0 spiro atoms. The van der Waals surface area contributed by atoms with Gasteiger partial charge in [-0.3, -0.25) is 4.68 Å². The van der Waals surface area contributed by atoms with Crippen LogP contribution in [0.4, 0.5) is 5.69 Å². The van der Waals surface area contributed by atoms with Gasteiger partial charge in [-0.25, -0.2) is 0 Å². The van der Waals surface area contributed by atoms with Crippen molar-refractivity contribution in [1.29, 1.82) is 0 Å². The first-order chi connectivity index (χ1) is 9.74. The molecule has 1 saturated heterocycles. The molecule has 4 nitrogen and oxygen atoms in total. The molecule has 1 N–H and O–H groups in total. The van der Waals surface area contributed by atoms with Crippen molar-refractivity contribution < 1.29 is 4.74 Å². The number of ether oxygens (including phenoxy) is 1. The van der Waals surface area contributed by atoms with E-state index in [4.69, 9.17) is 4.74 Å². The largest absolute Gasteiger partial charge is 0.379 e. The van der Waals surface area contributed by atoms with Crippen LogP contribution in [-0.2, 0) is 18.3 Å². The number of anilines is 1. The second-order valence-electron chi connectivity index (χ2n) is 5.75. The van der Waals surface area contributed by atoms with E-state index in [1.165, 1.54) is 34.5 Å². The van der Waals surface area contributed by atoms with Crippen molar-refractivity contribution in [1.82, 2.24) is 9.78 Å². The second-order valence-corrected chi connectivity index (χ2v) is 5.75. The normalized spacial score (nSPS) is 23.1. The van der Waals surface area contributed by atoms with Gasteiger partial charge < -0.3 is 10.1 Å². The minimum Gasteiger partial charge on any atom is -0.379 e. The van der Waals surface area contributed by atoms with Gasteiger partial charge in [0.2, 0.25) is 0 Å². The Kier molecular flexibility index (Phi) is 2.60. The maximum atomic E-state index is 6.01. The summed E-state index contributed by atoms with van der Waals surface area (Å²) in [5.74, 6) is 0. The molecule has 4 rings (SSSR count). The molecule has 1 fully saturated rings. The molecule has 1 aromatic heterocycles. The molecule has 20 heavy (non-hydrogen) atoms. The zero-order chi connectivity index (χ0) is 13.7. The summed E-state index contributed by atoms with van der Waals surface area (Å²) in [6.07, 6.45) is 4.86. The molecular formula is C16H19N3O. The van der Waals surface area contributed by atoms with Crippen LogP contribution in [0, 0.1) is 6.92 Å². The maximum absolute atomic E-state index is 6.01. The summed E-state index contributed by atoms with van der Waals surface area (Å²) >= 11 is 0. The minimum atomic E-state index is 0.298. The van der Waals surface area contributed by atoms with E-state index in [-0.39, 0.29) is 0 Å². The molecule has 2 bridgehead atoms. The van der Waals surface area contributed by atoms with Crippen LogP contribution in [0.3, 0.4) is 0 Å². The van der Waals surface area contributed by atoms with Gasteiger partial charge in [0.1, 0.15) is 0 Å².